The summed E-state index contributed by atoms with van der Waals surface area (Å²) in [6.07, 6.45) is 1.47. The number of carbonyl (C=O) groups excluding carboxylic acids is 3. The molecule has 3 amide bonds. The predicted molar refractivity (Wildman–Crippen MR) is 87.0 cm³/mol. The number of imide groups is 1. The van der Waals surface area contributed by atoms with Crippen molar-refractivity contribution in [2.75, 3.05) is 13.2 Å². The van der Waals surface area contributed by atoms with Gasteiger partial charge in [-0.2, -0.15) is 0 Å². The van der Waals surface area contributed by atoms with E-state index >= 15 is 0 Å². The van der Waals surface area contributed by atoms with Gasteiger partial charge in [0.05, 0.1) is 25.0 Å². The first kappa shape index (κ1) is 18.1. The maximum Gasteiger partial charge on any atom is 0.338 e. The highest BCUT2D eigenvalue weighted by Gasteiger charge is 2.12. The first-order chi connectivity index (χ1) is 12.1. The second kappa shape index (κ2) is 9.11. The molecule has 2 aromatic rings. The molecule has 8 nitrogen and oxygen atoms in total. The van der Waals surface area contributed by atoms with Crippen LogP contribution in [0.5, 0.6) is 5.75 Å². The molecule has 0 saturated heterocycles. The smallest absolute Gasteiger partial charge is 0.338 e. The van der Waals surface area contributed by atoms with Gasteiger partial charge in [0.2, 0.25) is 0 Å². The predicted octanol–water partition coefficient (Wildman–Crippen LogP) is 1.86. The molecule has 0 aliphatic heterocycles. The number of nitrogens with one attached hydrogen (secondary N) is 2. The van der Waals surface area contributed by atoms with Crippen LogP contribution in [0.25, 0.3) is 0 Å². The molecule has 0 atom stereocenters. The SMILES string of the molecule is CCOc1ccc(C(=O)OCC(=O)NC(=O)NCc2ccco2)cc1. The van der Waals surface area contributed by atoms with Crippen LogP contribution in [0.15, 0.2) is 47.1 Å². The fourth-order valence-corrected chi connectivity index (χ4v) is 1.86. The second-order valence-electron chi connectivity index (χ2n) is 4.84. The molecule has 0 spiro atoms. The zero-order valence-electron chi connectivity index (χ0n) is 13.6. The standard InChI is InChI=1S/C17H18N2O6/c1-2-23-13-7-5-12(6-8-13)16(21)25-11-15(20)19-17(22)18-10-14-4-3-9-24-14/h3-9H,2,10-11H2,1H3,(H2,18,19,20,22). The highest BCUT2D eigenvalue weighted by molar-refractivity contribution is 5.97. The number of furan rings is 1. The van der Waals surface area contributed by atoms with Gasteiger partial charge in [0, 0.05) is 0 Å². The van der Waals surface area contributed by atoms with Gasteiger partial charge < -0.3 is 19.2 Å². The van der Waals surface area contributed by atoms with Crippen molar-refractivity contribution in [2.24, 2.45) is 0 Å². The Balaban J connectivity index is 1.71. The van der Waals surface area contributed by atoms with E-state index in [1.54, 1.807) is 24.3 Å². The fraction of sp³-hybridized carbons (Fsp3) is 0.235. The number of carbonyl (C=O) groups is 3. The van der Waals surface area contributed by atoms with Crippen LogP contribution in [0.4, 0.5) is 4.79 Å². The maximum absolute atomic E-state index is 11.8. The third-order valence-electron chi connectivity index (χ3n) is 2.99. The van der Waals surface area contributed by atoms with Crippen molar-refractivity contribution >= 4 is 17.9 Å². The van der Waals surface area contributed by atoms with Gasteiger partial charge in [0.15, 0.2) is 6.61 Å². The lowest BCUT2D eigenvalue weighted by Gasteiger charge is -2.07. The molecule has 8 heteroatoms. The summed E-state index contributed by atoms with van der Waals surface area (Å²) in [6, 6.07) is 8.97. The lowest BCUT2D eigenvalue weighted by molar-refractivity contribution is -0.123. The van der Waals surface area contributed by atoms with Crippen LogP contribution in [0.1, 0.15) is 23.0 Å². The van der Waals surface area contributed by atoms with Crippen molar-refractivity contribution in [3.63, 3.8) is 0 Å². The molecule has 0 radical (unpaired) electrons. The quantitative estimate of drug-likeness (QED) is 0.741. The van der Waals surface area contributed by atoms with Crippen LogP contribution in [-0.4, -0.2) is 31.1 Å². The first-order valence-electron chi connectivity index (χ1n) is 7.58. The fourth-order valence-electron chi connectivity index (χ4n) is 1.86. The van der Waals surface area contributed by atoms with Gasteiger partial charge in [-0.25, -0.2) is 9.59 Å². The van der Waals surface area contributed by atoms with Crippen molar-refractivity contribution in [3.05, 3.63) is 54.0 Å². The number of hydrogen-bond acceptors (Lipinski definition) is 6. The van der Waals surface area contributed by atoms with E-state index in [2.05, 4.69) is 5.32 Å². The van der Waals surface area contributed by atoms with Crippen molar-refractivity contribution in [1.82, 2.24) is 10.6 Å². The summed E-state index contributed by atoms with van der Waals surface area (Å²) in [5.74, 6) is -0.236. The lowest BCUT2D eigenvalue weighted by atomic mass is 10.2. The molecule has 0 unspecified atom stereocenters. The van der Waals surface area contributed by atoms with E-state index in [0.29, 0.717) is 18.1 Å². The van der Waals surface area contributed by atoms with Crippen LogP contribution >= 0.6 is 0 Å². The van der Waals surface area contributed by atoms with Gasteiger partial charge in [-0.1, -0.05) is 0 Å². The van der Waals surface area contributed by atoms with Gasteiger partial charge in [0.1, 0.15) is 11.5 Å². The third kappa shape index (κ3) is 6.02. The normalized spacial score (nSPS) is 9.96. The minimum Gasteiger partial charge on any atom is -0.494 e. The lowest BCUT2D eigenvalue weighted by Crippen LogP contribution is -2.41. The molecule has 0 aliphatic rings. The number of esters is 1. The van der Waals surface area contributed by atoms with Gasteiger partial charge in [0.25, 0.3) is 5.91 Å². The molecule has 2 N–H and O–H groups in total. The van der Waals surface area contributed by atoms with Gasteiger partial charge in [-0.05, 0) is 43.3 Å². The summed E-state index contributed by atoms with van der Waals surface area (Å²) in [5.41, 5.74) is 0.276. The molecule has 2 rings (SSSR count). The average Bonchev–Trinajstić information content (AvgIpc) is 3.12. The highest BCUT2D eigenvalue weighted by Crippen LogP contribution is 2.12. The van der Waals surface area contributed by atoms with Crippen LogP contribution in [0.3, 0.4) is 0 Å². The van der Waals surface area contributed by atoms with Crippen molar-refractivity contribution < 1.29 is 28.3 Å². The number of urea groups is 1. The molecular formula is C17H18N2O6. The molecule has 0 aliphatic carbocycles. The summed E-state index contributed by atoms with van der Waals surface area (Å²) in [6.45, 7) is 1.94. The summed E-state index contributed by atoms with van der Waals surface area (Å²) in [7, 11) is 0. The molecule has 1 aromatic carbocycles. The average molecular weight is 346 g/mol. The molecular weight excluding hydrogens is 328 g/mol. The zero-order valence-corrected chi connectivity index (χ0v) is 13.6. The molecule has 0 bridgehead atoms. The van der Waals surface area contributed by atoms with Crippen LogP contribution < -0.4 is 15.4 Å². The molecule has 1 aromatic heterocycles. The van der Waals surface area contributed by atoms with Crippen molar-refractivity contribution in [1.29, 1.82) is 0 Å². The summed E-state index contributed by atoms with van der Waals surface area (Å²) in [5, 5.41) is 4.48. The number of benzene rings is 1. The zero-order chi connectivity index (χ0) is 18.1. The molecule has 25 heavy (non-hydrogen) atoms. The van der Waals surface area contributed by atoms with Crippen LogP contribution in [-0.2, 0) is 16.1 Å². The third-order valence-corrected chi connectivity index (χ3v) is 2.99. The topological polar surface area (TPSA) is 107 Å². The number of amides is 3. The van der Waals surface area contributed by atoms with Gasteiger partial charge in [-0.3, -0.25) is 10.1 Å². The van der Waals surface area contributed by atoms with E-state index in [4.69, 9.17) is 13.9 Å². The Hall–Kier alpha value is -3.29. The maximum atomic E-state index is 11.8. The second-order valence-corrected chi connectivity index (χ2v) is 4.84. The van der Waals surface area contributed by atoms with E-state index < -0.39 is 24.5 Å². The molecule has 0 fully saturated rings. The number of rotatable bonds is 7. The Morgan fingerprint density at radius 3 is 2.52 bits per heavy atom. The van der Waals surface area contributed by atoms with E-state index in [9.17, 15) is 14.4 Å². The summed E-state index contributed by atoms with van der Waals surface area (Å²) < 4.78 is 15.2. The minimum atomic E-state index is -0.740. The van der Waals surface area contributed by atoms with E-state index in [1.165, 1.54) is 18.4 Å². The van der Waals surface area contributed by atoms with Crippen molar-refractivity contribution in [2.45, 2.75) is 13.5 Å². The molecule has 0 saturated carbocycles. The minimum absolute atomic E-state index is 0.137. The monoisotopic (exact) mass is 346 g/mol. The van der Waals surface area contributed by atoms with E-state index in [-0.39, 0.29) is 12.1 Å². The Morgan fingerprint density at radius 1 is 1.12 bits per heavy atom. The Kier molecular flexibility index (Phi) is 6.58. The molecule has 1 heterocycles. The summed E-state index contributed by atoms with van der Waals surface area (Å²) >= 11 is 0. The largest absolute Gasteiger partial charge is 0.494 e. The highest BCUT2D eigenvalue weighted by atomic mass is 16.5. The number of hydrogen-bond donors (Lipinski definition) is 2. The Labute approximate surface area is 144 Å². The van der Waals surface area contributed by atoms with Crippen molar-refractivity contribution in [3.8, 4) is 5.75 Å². The Morgan fingerprint density at radius 2 is 1.88 bits per heavy atom. The van der Waals surface area contributed by atoms with E-state index in [0.717, 1.165) is 0 Å². The molecule has 132 valence electrons. The van der Waals surface area contributed by atoms with Gasteiger partial charge >= 0.3 is 12.0 Å². The van der Waals surface area contributed by atoms with Crippen LogP contribution in [0, 0.1) is 0 Å². The van der Waals surface area contributed by atoms with E-state index in [1.807, 2.05) is 12.2 Å². The summed E-state index contributed by atoms with van der Waals surface area (Å²) in [4.78, 5) is 34.9. The first-order valence-corrected chi connectivity index (χ1v) is 7.58. The Bertz CT molecular complexity index is 709. The number of ether oxygens (including phenoxy) is 2. The van der Waals surface area contributed by atoms with Gasteiger partial charge in [-0.15, -0.1) is 0 Å². The van der Waals surface area contributed by atoms with Crippen LogP contribution in [0.2, 0.25) is 0 Å².